The lowest BCUT2D eigenvalue weighted by Crippen LogP contribution is -2.45. The van der Waals surface area contributed by atoms with Crippen LogP contribution in [0.15, 0.2) is 24.3 Å². The summed E-state index contributed by atoms with van der Waals surface area (Å²) in [4.78, 5) is 14.8. The van der Waals surface area contributed by atoms with E-state index in [1.807, 2.05) is 6.07 Å². The highest BCUT2D eigenvalue weighted by molar-refractivity contribution is 7.20. The van der Waals surface area contributed by atoms with Gasteiger partial charge in [-0.25, -0.2) is 4.39 Å². The van der Waals surface area contributed by atoms with Gasteiger partial charge in [-0.2, -0.15) is 0 Å². The molecule has 2 N–H and O–H groups in total. The van der Waals surface area contributed by atoms with Gasteiger partial charge in [0.05, 0.1) is 4.88 Å². The topological polar surface area (TPSA) is 46.3 Å². The van der Waals surface area contributed by atoms with E-state index in [0.29, 0.717) is 11.4 Å². The Morgan fingerprint density at radius 3 is 3.05 bits per heavy atom. The molecule has 100 valence electrons. The second-order valence-electron chi connectivity index (χ2n) is 4.95. The Hall–Kier alpha value is -1.46. The standard InChI is InChI=1S/C14H15FN2OS/c15-10-4-3-9-6-13(19-12(9)7-10)14(18)17-5-1-2-11(16)8-17/h3-4,6-7,11H,1-2,5,8,16H2. The van der Waals surface area contributed by atoms with E-state index in [1.165, 1.54) is 23.5 Å². The van der Waals surface area contributed by atoms with Crippen molar-refractivity contribution in [3.05, 3.63) is 35.0 Å². The molecule has 1 unspecified atom stereocenters. The summed E-state index contributed by atoms with van der Waals surface area (Å²) >= 11 is 1.34. The molecule has 0 saturated carbocycles. The lowest BCUT2D eigenvalue weighted by atomic mass is 10.1. The normalized spacial score (nSPS) is 19.9. The van der Waals surface area contributed by atoms with E-state index in [-0.39, 0.29) is 17.8 Å². The molecule has 3 rings (SSSR count). The fraction of sp³-hybridized carbons (Fsp3) is 0.357. The van der Waals surface area contributed by atoms with Gasteiger partial charge in [-0.1, -0.05) is 6.07 Å². The zero-order valence-corrected chi connectivity index (χ0v) is 11.3. The zero-order chi connectivity index (χ0) is 13.4. The summed E-state index contributed by atoms with van der Waals surface area (Å²) in [5.41, 5.74) is 5.90. The minimum Gasteiger partial charge on any atom is -0.336 e. The third-order valence-electron chi connectivity index (χ3n) is 3.44. The highest BCUT2D eigenvalue weighted by atomic mass is 32.1. The molecule has 1 amide bonds. The van der Waals surface area contributed by atoms with Crippen LogP contribution in [-0.4, -0.2) is 29.9 Å². The van der Waals surface area contributed by atoms with Gasteiger partial charge in [0.15, 0.2) is 0 Å². The van der Waals surface area contributed by atoms with Crippen LogP contribution in [0.1, 0.15) is 22.5 Å². The van der Waals surface area contributed by atoms with Gasteiger partial charge in [-0.05, 0) is 36.4 Å². The van der Waals surface area contributed by atoms with E-state index in [1.54, 1.807) is 11.0 Å². The second-order valence-corrected chi connectivity index (χ2v) is 6.03. The van der Waals surface area contributed by atoms with E-state index < -0.39 is 0 Å². The number of thiophene rings is 1. The first-order valence-electron chi connectivity index (χ1n) is 6.37. The first kappa shape index (κ1) is 12.6. The third kappa shape index (κ3) is 2.48. The Kier molecular flexibility index (Phi) is 3.24. The number of piperidine rings is 1. The molecule has 1 aromatic carbocycles. The molecule has 0 aliphatic carbocycles. The molecule has 1 atom stereocenters. The minimum absolute atomic E-state index is 0.0109. The number of halogens is 1. The van der Waals surface area contributed by atoms with Crippen LogP contribution in [-0.2, 0) is 0 Å². The van der Waals surface area contributed by atoms with Crippen LogP contribution in [0.4, 0.5) is 4.39 Å². The summed E-state index contributed by atoms with van der Waals surface area (Å²) in [6.45, 7) is 1.37. The Balaban J connectivity index is 1.88. The molecule has 2 heterocycles. The fourth-order valence-corrected chi connectivity index (χ4v) is 3.52. The maximum absolute atomic E-state index is 13.1. The molecule has 0 spiro atoms. The molecule has 2 aromatic rings. The summed E-state index contributed by atoms with van der Waals surface area (Å²) in [5, 5.41) is 0.913. The number of hydrogen-bond acceptors (Lipinski definition) is 3. The monoisotopic (exact) mass is 278 g/mol. The van der Waals surface area contributed by atoms with Crippen molar-refractivity contribution in [1.29, 1.82) is 0 Å². The SMILES string of the molecule is NC1CCCN(C(=O)c2cc3ccc(F)cc3s2)C1. The first-order valence-corrected chi connectivity index (χ1v) is 7.19. The number of nitrogens with two attached hydrogens (primary N) is 1. The average molecular weight is 278 g/mol. The summed E-state index contributed by atoms with van der Waals surface area (Å²) in [6.07, 6.45) is 1.92. The molecule has 1 fully saturated rings. The predicted octanol–water partition coefficient (Wildman–Crippen LogP) is 2.60. The van der Waals surface area contributed by atoms with Crippen molar-refractivity contribution in [2.24, 2.45) is 5.73 Å². The Morgan fingerprint density at radius 1 is 1.42 bits per heavy atom. The summed E-state index contributed by atoms with van der Waals surface area (Å²) in [5.74, 6) is -0.259. The van der Waals surface area contributed by atoms with E-state index in [0.717, 1.165) is 29.5 Å². The van der Waals surface area contributed by atoms with Gasteiger partial charge in [0.1, 0.15) is 5.82 Å². The van der Waals surface area contributed by atoms with Crippen molar-refractivity contribution in [3.8, 4) is 0 Å². The molecule has 1 saturated heterocycles. The molecule has 3 nitrogen and oxygen atoms in total. The number of carbonyl (C=O) groups excluding carboxylic acids is 1. The lowest BCUT2D eigenvalue weighted by molar-refractivity contribution is 0.0714. The van der Waals surface area contributed by atoms with Gasteiger partial charge >= 0.3 is 0 Å². The largest absolute Gasteiger partial charge is 0.336 e. The molecule has 1 aliphatic rings. The van der Waals surface area contributed by atoms with Gasteiger partial charge in [-0.3, -0.25) is 4.79 Å². The minimum atomic E-state index is -0.270. The van der Waals surface area contributed by atoms with E-state index in [9.17, 15) is 9.18 Å². The van der Waals surface area contributed by atoms with Crippen molar-refractivity contribution in [1.82, 2.24) is 4.90 Å². The van der Waals surface area contributed by atoms with Gasteiger partial charge in [0, 0.05) is 23.8 Å². The highest BCUT2D eigenvalue weighted by Gasteiger charge is 2.23. The number of amides is 1. The van der Waals surface area contributed by atoms with E-state index in [4.69, 9.17) is 5.73 Å². The summed E-state index contributed by atoms with van der Waals surface area (Å²) in [6, 6.07) is 6.50. The molecule has 19 heavy (non-hydrogen) atoms. The summed E-state index contributed by atoms with van der Waals surface area (Å²) < 4.78 is 14.0. The van der Waals surface area contributed by atoms with Crippen LogP contribution in [0.5, 0.6) is 0 Å². The van der Waals surface area contributed by atoms with Crippen molar-refractivity contribution < 1.29 is 9.18 Å². The molecule has 0 radical (unpaired) electrons. The smallest absolute Gasteiger partial charge is 0.264 e. The third-order valence-corrected chi connectivity index (χ3v) is 4.52. The number of likely N-dealkylation sites (tertiary alicyclic amines) is 1. The van der Waals surface area contributed by atoms with Crippen LogP contribution in [0.3, 0.4) is 0 Å². The Labute approximate surface area is 114 Å². The molecule has 5 heteroatoms. The van der Waals surface area contributed by atoms with Crippen molar-refractivity contribution in [2.75, 3.05) is 13.1 Å². The van der Waals surface area contributed by atoms with Crippen LogP contribution in [0, 0.1) is 5.82 Å². The molecular formula is C14H15FN2OS. The van der Waals surface area contributed by atoms with Crippen LogP contribution in [0.25, 0.3) is 10.1 Å². The second kappa shape index (κ2) is 4.90. The molecule has 1 aliphatic heterocycles. The number of rotatable bonds is 1. The van der Waals surface area contributed by atoms with E-state index in [2.05, 4.69) is 0 Å². The van der Waals surface area contributed by atoms with Crippen LogP contribution < -0.4 is 5.73 Å². The van der Waals surface area contributed by atoms with E-state index >= 15 is 0 Å². The average Bonchev–Trinajstić information content (AvgIpc) is 2.80. The van der Waals surface area contributed by atoms with Gasteiger partial charge in [0.25, 0.3) is 5.91 Å². The number of fused-ring (bicyclic) bond motifs is 1. The Morgan fingerprint density at radius 2 is 2.26 bits per heavy atom. The van der Waals surface area contributed by atoms with Crippen LogP contribution >= 0.6 is 11.3 Å². The van der Waals surface area contributed by atoms with Gasteiger partial charge in [-0.15, -0.1) is 11.3 Å². The maximum atomic E-state index is 13.1. The fourth-order valence-electron chi connectivity index (χ4n) is 2.46. The van der Waals surface area contributed by atoms with Crippen molar-refractivity contribution >= 4 is 27.3 Å². The number of hydrogen-bond donors (Lipinski definition) is 1. The number of carbonyl (C=O) groups is 1. The first-order chi connectivity index (χ1) is 9.13. The molecule has 0 bridgehead atoms. The highest BCUT2D eigenvalue weighted by Crippen LogP contribution is 2.28. The van der Waals surface area contributed by atoms with Gasteiger partial charge < -0.3 is 10.6 Å². The van der Waals surface area contributed by atoms with Crippen molar-refractivity contribution in [2.45, 2.75) is 18.9 Å². The van der Waals surface area contributed by atoms with Gasteiger partial charge in [0.2, 0.25) is 0 Å². The molecular weight excluding hydrogens is 263 g/mol. The number of benzene rings is 1. The summed E-state index contributed by atoms with van der Waals surface area (Å²) in [7, 11) is 0. The number of nitrogens with zero attached hydrogens (tertiary/aromatic N) is 1. The predicted molar refractivity (Wildman–Crippen MR) is 74.9 cm³/mol. The van der Waals surface area contributed by atoms with Crippen LogP contribution in [0.2, 0.25) is 0 Å². The Bertz CT molecular complexity index is 625. The van der Waals surface area contributed by atoms with Crippen molar-refractivity contribution in [3.63, 3.8) is 0 Å². The quantitative estimate of drug-likeness (QED) is 0.871. The zero-order valence-electron chi connectivity index (χ0n) is 10.4. The lowest BCUT2D eigenvalue weighted by Gasteiger charge is -2.30. The molecule has 1 aromatic heterocycles. The maximum Gasteiger partial charge on any atom is 0.264 e.